The van der Waals surface area contributed by atoms with Crippen LogP contribution in [0.1, 0.15) is 0 Å². The lowest BCUT2D eigenvalue weighted by Crippen LogP contribution is -2.37. The van der Waals surface area contributed by atoms with Crippen molar-refractivity contribution in [1.82, 2.24) is 4.90 Å². The summed E-state index contributed by atoms with van der Waals surface area (Å²) in [5.41, 5.74) is 0. The summed E-state index contributed by atoms with van der Waals surface area (Å²) in [6.45, 7) is 4.74. The van der Waals surface area contributed by atoms with Crippen molar-refractivity contribution in [3.63, 3.8) is 0 Å². The smallest absolute Gasteiger partial charge is 0.257 e. The molecule has 0 bridgehead atoms. The van der Waals surface area contributed by atoms with Crippen LogP contribution in [0.2, 0.25) is 0 Å². The molecule has 0 atom stereocenters. The van der Waals surface area contributed by atoms with E-state index in [1.165, 1.54) is 4.90 Å². The van der Waals surface area contributed by atoms with Gasteiger partial charge >= 0.3 is 0 Å². The summed E-state index contributed by atoms with van der Waals surface area (Å²) < 4.78 is 10.8. The van der Waals surface area contributed by atoms with Gasteiger partial charge in [0.1, 0.15) is 19.1 Å². The quantitative estimate of drug-likeness (QED) is 0.304. The summed E-state index contributed by atoms with van der Waals surface area (Å²) >= 11 is 11.1. The van der Waals surface area contributed by atoms with E-state index in [1.54, 1.807) is 6.08 Å². The van der Waals surface area contributed by atoms with Crippen LogP contribution in [0.4, 0.5) is 0 Å². The number of hydrogen-bond acceptors (Lipinski definition) is 3. The summed E-state index contributed by atoms with van der Waals surface area (Å²) in [7, 11) is 0. The molecule has 0 aliphatic carbocycles. The topological polar surface area (TPSA) is 38.8 Å². The van der Waals surface area contributed by atoms with Gasteiger partial charge in [-0.15, -0.1) is 6.58 Å². The van der Waals surface area contributed by atoms with Crippen LogP contribution in [0.5, 0.6) is 5.75 Å². The molecule has 20 heavy (non-hydrogen) atoms. The van der Waals surface area contributed by atoms with Gasteiger partial charge in [0.15, 0.2) is 4.84 Å². The van der Waals surface area contributed by atoms with Gasteiger partial charge in [-0.2, -0.15) is 0 Å². The second-order valence-electron chi connectivity index (χ2n) is 3.85. The number of carbonyl (C=O) groups excluding carboxylic acids is 1. The fourth-order valence-electron chi connectivity index (χ4n) is 1.41. The van der Waals surface area contributed by atoms with Gasteiger partial charge in [0.05, 0.1) is 6.61 Å². The van der Waals surface area contributed by atoms with Crippen molar-refractivity contribution in [2.24, 2.45) is 0 Å². The van der Waals surface area contributed by atoms with E-state index in [0.29, 0.717) is 19.8 Å². The summed E-state index contributed by atoms with van der Waals surface area (Å²) in [6, 6.07) is 9.42. The Hall–Kier alpha value is -1.23. The highest BCUT2D eigenvalue weighted by molar-refractivity contribution is 6.53. The van der Waals surface area contributed by atoms with Gasteiger partial charge in [-0.1, -0.05) is 47.5 Å². The Labute approximate surface area is 128 Å². The lowest BCUT2D eigenvalue weighted by atomic mass is 10.3. The summed E-state index contributed by atoms with van der Waals surface area (Å²) in [5, 5.41) is 0. The number of benzene rings is 1. The number of rotatable bonds is 9. The van der Waals surface area contributed by atoms with E-state index in [2.05, 4.69) is 6.58 Å². The Kier molecular flexibility index (Phi) is 8.11. The minimum atomic E-state index is -1.10. The number of hydrogen-bond donors (Lipinski definition) is 0. The molecule has 0 aliphatic rings. The van der Waals surface area contributed by atoms with Crippen LogP contribution in [0.25, 0.3) is 0 Å². The van der Waals surface area contributed by atoms with Crippen molar-refractivity contribution in [2.75, 3.05) is 26.5 Å². The van der Waals surface area contributed by atoms with Gasteiger partial charge < -0.3 is 14.4 Å². The summed E-state index contributed by atoms with van der Waals surface area (Å²) in [4.78, 5) is 11.9. The molecule has 0 heterocycles. The predicted molar refractivity (Wildman–Crippen MR) is 80.2 cm³/mol. The number of para-hydroxylation sites is 1. The standard InChI is InChI=1S/C14H17Cl2NO3/c1-2-8-17(14(18)13(15)16)11-19-9-10-20-12-6-4-3-5-7-12/h2-7,13H,1,8-11H2. The summed E-state index contributed by atoms with van der Waals surface area (Å²) in [5.74, 6) is 0.369. The van der Waals surface area contributed by atoms with Crippen LogP contribution in [0.3, 0.4) is 0 Å². The highest BCUT2D eigenvalue weighted by Gasteiger charge is 2.18. The van der Waals surface area contributed by atoms with Crippen molar-refractivity contribution >= 4 is 29.1 Å². The third-order valence-electron chi connectivity index (χ3n) is 2.33. The first-order valence-electron chi connectivity index (χ1n) is 6.08. The zero-order chi connectivity index (χ0) is 14.8. The molecule has 0 radical (unpaired) electrons. The van der Waals surface area contributed by atoms with E-state index in [-0.39, 0.29) is 6.73 Å². The van der Waals surface area contributed by atoms with Crippen LogP contribution in [-0.4, -0.2) is 42.1 Å². The molecule has 6 heteroatoms. The highest BCUT2D eigenvalue weighted by atomic mass is 35.5. The fourth-order valence-corrected chi connectivity index (χ4v) is 1.69. The van der Waals surface area contributed by atoms with E-state index in [4.69, 9.17) is 32.7 Å². The van der Waals surface area contributed by atoms with E-state index in [0.717, 1.165) is 5.75 Å². The number of ether oxygens (including phenoxy) is 2. The van der Waals surface area contributed by atoms with Gasteiger partial charge in [0.2, 0.25) is 0 Å². The maximum absolute atomic E-state index is 11.6. The molecule has 0 saturated heterocycles. The maximum atomic E-state index is 11.6. The molecule has 0 spiro atoms. The first kappa shape index (κ1) is 16.8. The van der Waals surface area contributed by atoms with Crippen LogP contribution < -0.4 is 4.74 Å². The van der Waals surface area contributed by atoms with Crippen LogP contribution >= 0.6 is 23.2 Å². The lowest BCUT2D eigenvalue weighted by Gasteiger charge is -2.21. The minimum absolute atomic E-state index is 0.0962. The molecule has 0 aromatic heterocycles. The van der Waals surface area contributed by atoms with E-state index in [9.17, 15) is 4.79 Å². The second kappa shape index (κ2) is 9.64. The third-order valence-corrected chi connectivity index (χ3v) is 2.71. The first-order valence-corrected chi connectivity index (χ1v) is 6.96. The van der Waals surface area contributed by atoms with Crippen molar-refractivity contribution in [3.8, 4) is 5.75 Å². The molecule has 0 fully saturated rings. The number of amides is 1. The van der Waals surface area contributed by atoms with Gasteiger partial charge in [-0.25, -0.2) is 0 Å². The van der Waals surface area contributed by atoms with E-state index >= 15 is 0 Å². The fraction of sp³-hybridized carbons (Fsp3) is 0.357. The molecule has 0 saturated carbocycles. The lowest BCUT2D eigenvalue weighted by molar-refractivity contribution is -0.134. The van der Waals surface area contributed by atoms with Crippen molar-refractivity contribution in [2.45, 2.75) is 4.84 Å². The van der Waals surface area contributed by atoms with Gasteiger partial charge in [0.25, 0.3) is 5.91 Å². The molecule has 1 rings (SSSR count). The zero-order valence-corrected chi connectivity index (χ0v) is 12.5. The molecule has 1 aromatic rings. The van der Waals surface area contributed by atoms with Crippen LogP contribution in [0, 0.1) is 0 Å². The molecule has 0 N–H and O–H groups in total. The molecule has 0 unspecified atom stereocenters. The average molecular weight is 318 g/mol. The van der Waals surface area contributed by atoms with Gasteiger partial charge in [0, 0.05) is 6.54 Å². The minimum Gasteiger partial charge on any atom is -0.491 e. The third kappa shape index (κ3) is 6.28. The molecule has 4 nitrogen and oxygen atoms in total. The predicted octanol–water partition coefficient (Wildman–Crippen LogP) is 2.86. The largest absolute Gasteiger partial charge is 0.491 e. The zero-order valence-electron chi connectivity index (χ0n) is 11.0. The van der Waals surface area contributed by atoms with E-state index < -0.39 is 10.7 Å². The first-order chi connectivity index (χ1) is 9.65. The van der Waals surface area contributed by atoms with Crippen LogP contribution in [-0.2, 0) is 9.53 Å². The monoisotopic (exact) mass is 317 g/mol. The molecule has 1 amide bonds. The molecular weight excluding hydrogens is 301 g/mol. The maximum Gasteiger partial charge on any atom is 0.257 e. The molecule has 110 valence electrons. The Balaban J connectivity index is 2.24. The molecular formula is C14H17Cl2NO3. The number of nitrogens with zero attached hydrogens (tertiary/aromatic N) is 1. The van der Waals surface area contributed by atoms with Crippen molar-refractivity contribution in [3.05, 3.63) is 43.0 Å². The Morgan fingerprint density at radius 2 is 2.00 bits per heavy atom. The van der Waals surface area contributed by atoms with Crippen molar-refractivity contribution in [1.29, 1.82) is 0 Å². The van der Waals surface area contributed by atoms with Gasteiger partial charge in [-0.05, 0) is 12.1 Å². The normalized spacial score (nSPS) is 10.3. The Morgan fingerprint density at radius 1 is 1.30 bits per heavy atom. The van der Waals surface area contributed by atoms with Gasteiger partial charge in [-0.3, -0.25) is 4.79 Å². The molecule has 1 aromatic carbocycles. The Morgan fingerprint density at radius 3 is 2.60 bits per heavy atom. The van der Waals surface area contributed by atoms with Crippen LogP contribution in [0.15, 0.2) is 43.0 Å². The summed E-state index contributed by atoms with van der Waals surface area (Å²) in [6.07, 6.45) is 1.58. The second-order valence-corrected chi connectivity index (χ2v) is 4.95. The van der Waals surface area contributed by atoms with Crippen molar-refractivity contribution < 1.29 is 14.3 Å². The van der Waals surface area contributed by atoms with E-state index in [1.807, 2.05) is 30.3 Å². The number of alkyl halides is 2. The Bertz CT molecular complexity index is 412. The highest BCUT2D eigenvalue weighted by Crippen LogP contribution is 2.09. The average Bonchev–Trinajstić information content (AvgIpc) is 2.46. The SMILES string of the molecule is C=CCN(COCCOc1ccccc1)C(=O)C(Cl)Cl. The molecule has 0 aliphatic heterocycles. The number of halogens is 2. The number of carbonyl (C=O) groups is 1.